The number of pyridine rings is 1. The number of ether oxygens (including phenoxy) is 2. The number of H-pyrrole nitrogens is 1. The van der Waals surface area contributed by atoms with Crippen molar-refractivity contribution in [3.63, 3.8) is 0 Å². The molecule has 0 atom stereocenters. The molecule has 9 heteroatoms. The first-order chi connectivity index (χ1) is 18.9. The summed E-state index contributed by atoms with van der Waals surface area (Å²) in [6.07, 6.45) is 18.8. The molecule has 1 aliphatic rings. The van der Waals surface area contributed by atoms with Crippen molar-refractivity contribution in [3.05, 3.63) is 125 Å². The van der Waals surface area contributed by atoms with Crippen LogP contribution in [0.1, 0.15) is 29.1 Å². The number of methoxy groups -OCH3 is 1. The van der Waals surface area contributed by atoms with E-state index < -0.39 is 10.0 Å². The van der Waals surface area contributed by atoms with E-state index in [0.717, 1.165) is 39.4 Å². The lowest BCUT2D eigenvalue weighted by molar-refractivity contribution is 0.203. The Labute approximate surface area is 227 Å². The Morgan fingerprint density at radius 1 is 1.05 bits per heavy atom. The van der Waals surface area contributed by atoms with Gasteiger partial charge in [-0.3, -0.25) is 10.1 Å². The van der Waals surface area contributed by atoms with Crippen molar-refractivity contribution in [1.82, 2.24) is 19.2 Å². The van der Waals surface area contributed by atoms with Gasteiger partial charge in [-0.15, -0.1) is 0 Å². The van der Waals surface area contributed by atoms with E-state index in [9.17, 15) is 8.42 Å². The van der Waals surface area contributed by atoms with Gasteiger partial charge in [0.05, 0.1) is 36.0 Å². The van der Waals surface area contributed by atoms with E-state index in [1.807, 2.05) is 78.9 Å². The van der Waals surface area contributed by atoms with Gasteiger partial charge >= 0.3 is 0 Å². The highest BCUT2D eigenvalue weighted by atomic mass is 32.2. The van der Waals surface area contributed by atoms with Gasteiger partial charge in [0, 0.05) is 29.4 Å². The van der Waals surface area contributed by atoms with Gasteiger partial charge in [-0.1, -0.05) is 30.4 Å². The molecule has 8 nitrogen and oxygen atoms in total. The van der Waals surface area contributed by atoms with Crippen LogP contribution in [0.25, 0.3) is 29.1 Å². The largest absolute Gasteiger partial charge is 0.496 e. The van der Waals surface area contributed by atoms with Crippen molar-refractivity contribution in [3.8, 4) is 0 Å². The zero-order valence-corrected chi connectivity index (χ0v) is 22.4. The van der Waals surface area contributed by atoms with Gasteiger partial charge in [0.15, 0.2) is 0 Å². The first-order valence-electron chi connectivity index (χ1n) is 12.3. The predicted molar refractivity (Wildman–Crippen MR) is 154 cm³/mol. The number of hydrogen-bond acceptors (Lipinski definition) is 6. The second-order valence-electron chi connectivity index (χ2n) is 8.93. The van der Waals surface area contributed by atoms with Gasteiger partial charge in [0.1, 0.15) is 18.1 Å². The van der Waals surface area contributed by atoms with E-state index in [1.54, 1.807) is 25.6 Å². The molecule has 198 valence electrons. The number of nitrogens with one attached hydrogen (secondary N) is 1. The molecule has 3 aromatic heterocycles. The summed E-state index contributed by atoms with van der Waals surface area (Å²) in [5, 5.41) is 8.26. The molecule has 4 aromatic rings. The molecule has 0 radical (unpaired) electrons. The van der Waals surface area contributed by atoms with Crippen molar-refractivity contribution in [1.29, 1.82) is 0 Å². The maximum absolute atomic E-state index is 12.0. The fourth-order valence-electron chi connectivity index (χ4n) is 4.14. The Morgan fingerprint density at radius 3 is 2.74 bits per heavy atom. The Bertz CT molecular complexity index is 1740. The standard InChI is InChI=1S/C30H28N4O4S/c1-37-30-20-28(38-21-27-7-3-4-16-31-27)8-5-6-24(30)12-14-26-19-25(32-33-26)13-10-22-9-11-23-15-17-34(29(23)18-22)39(2,35)36/h3-4,6-20H,5,21H2,1-2H3,(H,32,33)/b13-10+,14-12+. The van der Waals surface area contributed by atoms with E-state index in [-0.39, 0.29) is 0 Å². The number of nitrogens with zero attached hydrogens (tertiary/aromatic N) is 3. The summed E-state index contributed by atoms with van der Waals surface area (Å²) >= 11 is 0. The normalized spacial score (nSPS) is 14.4. The van der Waals surface area contributed by atoms with Gasteiger partial charge in [-0.2, -0.15) is 5.10 Å². The van der Waals surface area contributed by atoms with Crippen LogP contribution in [0.5, 0.6) is 0 Å². The minimum absolute atomic E-state index is 0.382. The Hall–Kier alpha value is -4.63. The number of fused-ring (bicyclic) bond motifs is 1. The predicted octanol–water partition coefficient (Wildman–Crippen LogP) is 5.71. The SMILES string of the molecule is COC1=CC(OCc2ccccn2)=CCC=C1/C=C/c1cc(/C=C/c2ccc3ccn(S(C)(=O)=O)c3c2)[nH]n1. The molecule has 0 fully saturated rings. The highest BCUT2D eigenvalue weighted by molar-refractivity contribution is 7.89. The van der Waals surface area contributed by atoms with E-state index >= 15 is 0 Å². The molecular formula is C30H28N4O4S. The smallest absolute Gasteiger partial charge is 0.236 e. The fourth-order valence-corrected chi connectivity index (χ4v) is 4.94. The summed E-state index contributed by atoms with van der Waals surface area (Å²) in [7, 11) is -1.73. The summed E-state index contributed by atoms with van der Waals surface area (Å²) in [5.74, 6) is 1.42. The van der Waals surface area contributed by atoms with Gasteiger partial charge < -0.3 is 9.47 Å². The molecule has 1 aliphatic carbocycles. The molecule has 39 heavy (non-hydrogen) atoms. The van der Waals surface area contributed by atoms with Crippen LogP contribution in [-0.2, 0) is 26.1 Å². The summed E-state index contributed by atoms with van der Waals surface area (Å²) in [6, 6.07) is 15.2. The quantitative estimate of drug-likeness (QED) is 0.292. The third kappa shape index (κ3) is 6.45. The van der Waals surface area contributed by atoms with Gasteiger partial charge in [0.25, 0.3) is 0 Å². The summed E-state index contributed by atoms with van der Waals surface area (Å²) in [6.45, 7) is 0.382. The zero-order chi connectivity index (χ0) is 27.2. The van der Waals surface area contributed by atoms with Crippen molar-refractivity contribution < 1.29 is 17.9 Å². The van der Waals surface area contributed by atoms with Crippen LogP contribution in [0.15, 0.2) is 102 Å². The van der Waals surface area contributed by atoms with Crippen LogP contribution in [0.4, 0.5) is 0 Å². The summed E-state index contributed by atoms with van der Waals surface area (Å²) in [4.78, 5) is 4.29. The molecule has 0 aliphatic heterocycles. The molecule has 1 aromatic carbocycles. The second-order valence-corrected chi connectivity index (χ2v) is 10.8. The van der Waals surface area contributed by atoms with E-state index in [2.05, 4.69) is 21.3 Å². The number of hydrogen-bond donors (Lipinski definition) is 1. The lowest BCUT2D eigenvalue weighted by Crippen LogP contribution is -2.07. The van der Waals surface area contributed by atoms with E-state index in [1.165, 1.54) is 10.2 Å². The third-order valence-corrected chi connectivity index (χ3v) is 7.13. The van der Waals surface area contributed by atoms with Crippen LogP contribution in [0.3, 0.4) is 0 Å². The van der Waals surface area contributed by atoms with Crippen molar-refractivity contribution in [2.75, 3.05) is 13.4 Å². The number of allylic oxidation sites excluding steroid dienone is 4. The average molecular weight is 541 g/mol. The average Bonchev–Trinajstić information content (AvgIpc) is 3.52. The first-order valence-corrected chi connectivity index (χ1v) is 14.2. The molecule has 3 heterocycles. The minimum atomic E-state index is -3.37. The lowest BCUT2D eigenvalue weighted by atomic mass is 10.1. The molecule has 0 saturated heterocycles. The monoisotopic (exact) mass is 540 g/mol. The van der Waals surface area contributed by atoms with Crippen LogP contribution < -0.4 is 0 Å². The van der Waals surface area contributed by atoms with Crippen molar-refractivity contribution >= 4 is 39.2 Å². The molecule has 0 saturated carbocycles. The third-order valence-electron chi connectivity index (χ3n) is 6.09. The minimum Gasteiger partial charge on any atom is -0.496 e. The topological polar surface area (TPSA) is 99.1 Å². The Balaban J connectivity index is 1.25. The molecular weight excluding hydrogens is 512 g/mol. The van der Waals surface area contributed by atoms with Crippen LogP contribution in [-0.4, -0.2) is 40.9 Å². The summed E-state index contributed by atoms with van der Waals surface area (Å²) in [5.41, 5.74) is 4.88. The van der Waals surface area contributed by atoms with Crippen LogP contribution in [0.2, 0.25) is 0 Å². The van der Waals surface area contributed by atoms with Gasteiger partial charge in [0.2, 0.25) is 10.0 Å². The van der Waals surface area contributed by atoms with E-state index in [4.69, 9.17) is 9.47 Å². The zero-order valence-electron chi connectivity index (χ0n) is 21.6. The molecule has 0 amide bonds. The Morgan fingerprint density at radius 2 is 1.95 bits per heavy atom. The highest BCUT2D eigenvalue weighted by Gasteiger charge is 2.11. The van der Waals surface area contributed by atoms with E-state index in [0.29, 0.717) is 24.3 Å². The molecule has 1 N–H and O–H groups in total. The molecule has 5 rings (SSSR count). The maximum atomic E-state index is 12.0. The van der Waals surface area contributed by atoms with Gasteiger partial charge in [-0.25, -0.2) is 12.4 Å². The van der Waals surface area contributed by atoms with Crippen molar-refractivity contribution in [2.24, 2.45) is 0 Å². The number of aromatic amines is 1. The van der Waals surface area contributed by atoms with Crippen LogP contribution in [0, 0.1) is 0 Å². The lowest BCUT2D eigenvalue weighted by Gasteiger charge is -2.09. The Kier molecular flexibility index (Phi) is 7.60. The fraction of sp³-hybridized carbons (Fsp3) is 0.133. The number of rotatable bonds is 9. The second kappa shape index (κ2) is 11.4. The number of aromatic nitrogens is 4. The first kappa shape index (κ1) is 26.0. The van der Waals surface area contributed by atoms with Crippen LogP contribution >= 0.6 is 0 Å². The number of benzene rings is 1. The van der Waals surface area contributed by atoms with Gasteiger partial charge in [-0.05, 0) is 66.6 Å². The maximum Gasteiger partial charge on any atom is 0.236 e. The summed E-state index contributed by atoms with van der Waals surface area (Å²) < 4.78 is 36.9. The molecule has 0 unspecified atom stereocenters. The molecule has 0 bridgehead atoms. The molecule has 0 spiro atoms. The highest BCUT2D eigenvalue weighted by Crippen LogP contribution is 2.23. The van der Waals surface area contributed by atoms with Crippen molar-refractivity contribution in [2.45, 2.75) is 13.0 Å².